The number of aromatic nitrogens is 2. The van der Waals surface area contributed by atoms with Gasteiger partial charge in [-0.3, -0.25) is 9.89 Å². The molecule has 5 rings (SSSR count). The number of aromatic amines is 1. The molecule has 0 saturated heterocycles. The highest BCUT2D eigenvalue weighted by molar-refractivity contribution is 6.00. The number of hydrogen-bond donors (Lipinski definition) is 3. The third-order valence-corrected chi connectivity index (χ3v) is 7.25. The van der Waals surface area contributed by atoms with E-state index in [9.17, 15) is 15.0 Å². The van der Waals surface area contributed by atoms with Gasteiger partial charge in [0.15, 0.2) is 23.0 Å². The molecule has 1 amide bonds. The third kappa shape index (κ3) is 4.68. The first-order chi connectivity index (χ1) is 19.3. The van der Waals surface area contributed by atoms with Gasteiger partial charge in [-0.2, -0.15) is 5.10 Å². The zero-order valence-corrected chi connectivity index (χ0v) is 23.2. The van der Waals surface area contributed by atoms with Gasteiger partial charge in [0.05, 0.1) is 26.9 Å². The van der Waals surface area contributed by atoms with Crippen molar-refractivity contribution in [3.63, 3.8) is 0 Å². The molecule has 0 fully saturated rings. The van der Waals surface area contributed by atoms with E-state index in [4.69, 9.17) is 14.2 Å². The van der Waals surface area contributed by atoms with Crippen LogP contribution in [0.3, 0.4) is 0 Å². The first-order valence-electron chi connectivity index (χ1n) is 13.1. The van der Waals surface area contributed by atoms with E-state index < -0.39 is 6.04 Å². The highest BCUT2D eigenvalue weighted by Crippen LogP contribution is 2.46. The predicted molar refractivity (Wildman–Crippen MR) is 151 cm³/mol. The lowest BCUT2D eigenvalue weighted by Crippen LogP contribution is -2.31. The minimum Gasteiger partial charge on any atom is -0.507 e. The SMILES string of the molecule is CCOc1cc(C2c3c(-c4cc(C)cc(C)c4O)n[nH]c3C(=O)N2CCc2ccc(OC)c(OC)c2)ccc1O. The maximum absolute atomic E-state index is 13.8. The summed E-state index contributed by atoms with van der Waals surface area (Å²) in [4.78, 5) is 15.6. The lowest BCUT2D eigenvalue weighted by atomic mass is 9.93. The summed E-state index contributed by atoms with van der Waals surface area (Å²) >= 11 is 0. The van der Waals surface area contributed by atoms with E-state index >= 15 is 0 Å². The van der Waals surface area contributed by atoms with Gasteiger partial charge in [0.25, 0.3) is 5.91 Å². The van der Waals surface area contributed by atoms with Gasteiger partial charge >= 0.3 is 0 Å². The van der Waals surface area contributed by atoms with Crippen LogP contribution in [-0.2, 0) is 6.42 Å². The molecule has 0 radical (unpaired) electrons. The molecule has 208 valence electrons. The largest absolute Gasteiger partial charge is 0.507 e. The number of aromatic hydroxyl groups is 2. The number of ether oxygens (including phenoxy) is 3. The van der Waals surface area contributed by atoms with Gasteiger partial charge < -0.3 is 29.3 Å². The van der Waals surface area contributed by atoms with Gasteiger partial charge in [-0.1, -0.05) is 18.2 Å². The molecule has 1 aliphatic heterocycles. The van der Waals surface area contributed by atoms with Gasteiger partial charge in [-0.25, -0.2) is 0 Å². The normalized spacial score (nSPS) is 14.4. The molecule has 9 heteroatoms. The van der Waals surface area contributed by atoms with Crippen LogP contribution in [0.5, 0.6) is 28.7 Å². The summed E-state index contributed by atoms with van der Waals surface area (Å²) in [5.41, 5.74) is 5.54. The zero-order valence-electron chi connectivity index (χ0n) is 23.2. The smallest absolute Gasteiger partial charge is 0.273 e. The molecule has 1 aromatic heterocycles. The van der Waals surface area contributed by atoms with Crippen molar-refractivity contribution in [2.45, 2.75) is 33.2 Å². The molecule has 40 heavy (non-hydrogen) atoms. The number of phenols is 2. The number of aryl methyl sites for hydroxylation is 2. The Bertz CT molecular complexity index is 1580. The fraction of sp³-hybridized carbons (Fsp3) is 0.290. The quantitative estimate of drug-likeness (QED) is 0.262. The van der Waals surface area contributed by atoms with Crippen LogP contribution in [0.25, 0.3) is 11.3 Å². The first-order valence-corrected chi connectivity index (χ1v) is 13.1. The summed E-state index contributed by atoms with van der Waals surface area (Å²) in [6.07, 6.45) is 0.556. The molecule has 1 aliphatic rings. The van der Waals surface area contributed by atoms with Crippen LogP contribution >= 0.6 is 0 Å². The summed E-state index contributed by atoms with van der Waals surface area (Å²) < 4.78 is 16.5. The van der Waals surface area contributed by atoms with Crippen LogP contribution in [-0.4, -0.2) is 58.6 Å². The number of H-pyrrole nitrogens is 1. The van der Waals surface area contributed by atoms with Crippen molar-refractivity contribution in [2.24, 2.45) is 0 Å². The summed E-state index contributed by atoms with van der Waals surface area (Å²) in [6.45, 7) is 6.41. The maximum atomic E-state index is 13.8. The molecular formula is C31H33N3O6. The van der Waals surface area contributed by atoms with Crippen molar-refractivity contribution in [2.75, 3.05) is 27.4 Å². The van der Waals surface area contributed by atoms with Gasteiger partial charge in [-0.15, -0.1) is 0 Å². The molecule has 0 aliphatic carbocycles. The topological polar surface area (TPSA) is 117 Å². The fourth-order valence-corrected chi connectivity index (χ4v) is 5.38. The lowest BCUT2D eigenvalue weighted by Gasteiger charge is -2.27. The van der Waals surface area contributed by atoms with Crippen molar-refractivity contribution in [1.82, 2.24) is 15.1 Å². The number of amides is 1. The van der Waals surface area contributed by atoms with Crippen LogP contribution in [0.4, 0.5) is 0 Å². The standard InChI is InChI=1S/C31H33N3O6/c1-6-40-24-16-20(8-9-22(24)35)29-26-27(21-14-17(2)13-18(3)30(21)36)32-33-28(26)31(37)34(29)12-11-19-7-10-23(38-4)25(15-19)39-5/h7-10,13-16,29,35-36H,6,11-12H2,1-5H3,(H,32,33). The Labute approximate surface area is 232 Å². The van der Waals surface area contributed by atoms with Gasteiger partial charge in [0, 0.05) is 17.7 Å². The number of carbonyl (C=O) groups is 1. The summed E-state index contributed by atoms with van der Waals surface area (Å²) in [5, 5.41) is 28.8. The molecule has 0 spiro atoms. The van der Waals surface area contributed by atoms with E-state index in [1.807, 2.05) is 51.1 Å². The molecule has 1 atom stereocenters. The number of methoxy groups -OCH3 is 2. The van der Waals surface area contributed by atoms with E-state index in [0.29, 0.717) is 59.3 Å². The Morgan fingerprint density at radius 3 is 2.48 bits per heavy atom. The van der Waals surface area contributed by atoms with E-state index in [1.165, 1.54) is 0 Å². The highest BCUT2D eigenvalue weighted by atomic mass is 16.5. The molecule has 9 nitrogen and oxygen atoms in total. The number of phenolic OH excluding ortho intramolecular Hbond substituents is 2. The second-order valence-corrected chi connectivity index (χ2v) is 9.84. The zero-order chi connectivity index (χ0) is 28.6. The third-order valence-electron chi connectivity index (χ3n) is 7.25. The van der Waals surface area contributed by atoms with E-state index in [0.717, 1.165) is 22.3 Å². The van der Waals surface area contributed by atoms with E-state index in [1.54, 1.807) is 37.3 Å². The van der Waals surface area contributed by atoms with Gasteiger partial charge in [-0.05, 0) is 79.8 Å². The number of rotatable bonds is 9. The van der Waals surface area contributed by atoms with E-state index in [2.05, 4.69) is 10.2 Å². The van der Waals surface area contributed by atoms with Crippen molar-refractivity contribution < 1.29 is 29.2 Å². The van der Waals surface area contributed by atoms with Gasteiger partial charge in [0.2, 0.25) is 0 Å². The van der Waals surface area contributed by atoms with Crippen LogP contribution in [0.2, 0.25) is 0 Å². The molecule has 0 saturated carbocycles. The van der Waals surface area contributed by atoms with Crippen LogP contribution in [0.15, 0.2) is 48.5 Å². The average Bonchev–Trinajstić information content (AvgIpc) is 3.49. The Balaban J connectivity index is 1.60. The van der Waals surface area contributed by atoms with Crippen molar-refractivity contribution in [3.8, 4) is 40.0 Å². The number of fused-ring (bicyclic) bond motifs is 1. The summed E-state index contributed by atoms with van der Waals surface area (Å²) in [6, 6.07) is 14.1. The van der Waals surface area contributed by atoms with Crippen molar-refractivity contribution in [3.05, 3.63) is 82.0 Å². The highest BCUT2D eigenvalue weighted by Gasteiger charge is 2.42. The number of benzene rings is 3. The second kappa shape index (κ2) is 10.8. The maximum Gasteiger partial charge on any atom is 0.273 e. The number of nitrogens with one attached hydrogen (secondary N) is 1. The van der Waals surface area contributed by atoms with Crippen LogP contribution < -0.4 is 14.2 Å². The Hall–Kier alpha value is -4.66. The molecule has 2 heterocycles. The fourth-order valence-electron chi connectivity index (χ4n) is 5.38. The predicted octanol–water partition coefficient (Wildman–Crippen LogP) is 5.31. The monoisotopic (exact) mass is 543 g/mol. The average molecular weight is 544 g/mol. The molecule has 4 aromatic rings. The minimum atomic E-state index is -0.531. The first kappa shape index (κ1) is 26.9. The minimum absolute atomic E-state index is 0.0198. The molecular weight excluding hydrogens is 510 g/mol. The van der Waals surface area contributed by atoms with Crippen molar-refractivity contribution in [1.29, 1.82) is 0 Å². The summed E-state index contributed by atoms with van der Waals surface area (Å²) in [5.74, 6) is 1.52. The molecule has 0 bridgehead atoms. The van der Waals surface area contributed by atoms with Gasteiger partial charge in [0.1, 0.15) is 17.1 Å². The number of carbonyl (C=O) groups excluding carboxylic acids is 1. The van der Waals surface area contributed by atoms with Crippen molar-refractivity contribution >= 4 is 5.91 Å². The number of nitrogens with zero attached hydrogens (tertiary/aromatic N) is 2. The lowest BCUT2D eigenvalue weighted by molar-refractivity contribution is 0.0745. The molecule has 1 unspecified atom stereocenters. The number of hydrogen-bond acceptors (Lipinski definition) is 7. The summed E-state index contributed by atoms with van der Waals surface area (Å²) in [7, 11) is 3.18. The molecule has 3 N–H and O–H groups in total. The Kier molecular flexibility index (Phi) is 7.30. The Morgan fingerprint density at radius 2 is 1.75 bits per heavy atom. The van der Waals surface area contributed by atoms with Crippen LogP contribution in [0.1, 0.15) is 51.3 Å². The van der Waals surface area contributed by atoms with Crippen LogP contribution in [0, 0.1) is 13.8 Å². The Morgan fingerprint density at radius 1 is 0.975 bits per heavy atom. The second-order valence-electron chi connectivity index (χ2n) is 9.84. The molecule has 3 aromatic carbocycles. The van der Waals surface area contributed by atoms with E-state index in [-0.39, 0.29) is 17.4 Å².